The zero-order valence-electron chi connectivity index (χ0n) is 12.6. The van der Waals surface area contributed by atoms with Gasteiger partial charge in [0.2, 0.25) is 10.0 Å². The van der Waals surface area contributed by atoms with Crippen LogP contribution in [0, 0.1) is 0 Å². The summed E-state index contributed by atoms with van der Waals surface area (Å²) in [6.45, 7) is 7.40. The van der Waals surface area contributed by atoms with E-state index >= 15 is 0 Å². The number of fused-ring (bicyclic) bond motifs is 1. The van der Waals surface area contributed by atoms with Crippen molar-refractivity contribution in [2.45, 2.75) is 37.9 Å². The Kier molecular flexibility index (Phi) is 3.94. The van der Waals surface area contributed by atoms with Gasteiger partial charge in [-0.3, -0.25) is 0 Å². The number of sulfonamides is 1. The maximum absolute atomic E-state index is 12.9. The molecule has 7 heteroatoms. The summed E-state index contributed by atoms with van der Waals surface area (Å²) in [4.78, 5) is 0. The van der Waals surface area contributed by atoms with Gasteiger partial charge >= 0.3 is 6.18 Å². The number of alkyl halides is 3. The number of allylic oxidation sites excluding steroid dienone is 1. The van der Waals surface area contributed by atoms with Gasteiger partial charge in [-0.25, -0.2) is 13.1 Å². The first-order valence-electron chi connectivity index (χ1n) is 6.69. The van der Waals surface area contributed by atoms with Crippen molar-refractivity contribution in [3.63, 3.8) is 0 Å². The van der Waals surface area contributed by atoms with Crippen LogP contribution in [-0.4, -0.2) is 14.7 Å². The predicted octanol–water partition coefficient (Wildman–Crippen LogP) is 3.53. The second kappa shape index (κ2) is 5.09. The van der Waals surface area contributed by atoms with Crippen molar-refractivity contribution in [3.05, 3.63) is 47.0 Å². The lowest BCUT2D eigenvalue weighted by molar-refractivity contribution is -0.137. The van der Waals surface area contributed by atoms with E-state index in [9.17, 15) is 21.6 Å². The largest absolute Gasteiger partial charge is 0.416 e. The van der Waals surface area contributed by atoms with Crippen LogP contribution in [0.4, 0.5) is 13.2 Å². The monoisotopic (exact) mass is 333 g/mol. The maximum atomic E-state index is 12.9. The maximum Gasteiger partial charge on any atom is 0.416 e. The number of halogens is 3. The van der Waals surface area contributed by atoms with Gasteiger partial charge in [-0.05, 0) is 36.6 Å². The molecule has 0 bridgehead atoms. The van der Waals surface area contributed by atoms with Crippen LogP contribution in [0.15, 0.2) is 30.4 Å². The van der Waals surface area contributed by atoms with Crippen molar-refractivity contribution >= 4 is 10.0 Å². The Balaban J connectivity index is 2.59. The highest BCUT2D eigenvalue weighted by molar-refractivity contribution is 7.88. The fourth-order valence-electron chi connectivity index (χ4n) is 2.91. The topological polar surface area (TPSA) is 46.2 Å². The molecule has 0 saturated heterocycles. The summed E-state index contributed by atoms with van der Waals surface area (Å²) in [5.74, 6) is 0. The van der Waals surface area contributed by atoms with E-state index in [2.05, 4.69) is 11.3 Å². The van der Waals surface area contributed by atoms with Crippen LogP contribution in [-0.2, 0) is 21.6 Å². The van der Waals surface area contributed by atoms with E-state index in [0.29, 0.717) is 23.1 Å². The number of benzene rings is 1. The van der Waals surface area contributed by atoms with E-state index in [1.165, 1.54) is 6.07 Å². The summed E-state index contributed by atoms with van der Waals surface area (Å²) in [6.07, 6.45) is -3.05. The zero-order chi connectivity index (χ0) is 16.9. The van der Waals surface area contributed by atoms with Gasteiger partial charge in [-0.2, -0.15) is 13.2 Å². The lowest BCUT2D eigenvalue weighted by Gasteiger charge is -2.27. The molecule has 0 aromatic heterocycles. The summed E-state index contributed by atoms with van der Waals surface area (Å²) < 4.78 is 64.3. The van der Waals surface area contributed by atoms with Crippen LogP contribution in [0.3, 0.4) is 0 Å². The molecule has 22 heavy (non-hydrogen) atoms. The molecule has 0 unspecified atom stereocenters. The average molecular weight is 333 g/mol. The predicted molar refractivity (Wildman–Crippen MR) is 78.9 cm³/mol. The first kappa shape index (κ1) is 17.0. The molecule has 1 aromatic carbocycles. The smallest absolute Gasteiger partial charge is 0.213 e. The third kappa shape index (κ3) is 3.05. The van der Waals surface area contributed by atoms with Crippen LogP contribution >= 0.6 is 0 Å². The molecule has 2 atom stereocenters. The standard InChI is InChI=1S/C15H18F3NO2S/c1-9(2)14(3)8-13(19-22(4,20)21)11-6-5-10(7-12(11)14)15(16,17)18/h5-7,13,19H,1,8H2,2-4H3/t13-,14-/m1/s1. The highest BCUT2D eigenvalue weighted by Crippen LogP contribution is 2.50. The highest BCUT2D eigenvalue weighted by Gasteiger charge is 2.43. The summed E-state index contributed by atoms with van der Waals surface area (Å²) in [7, 11) is -3.47. The van der Waals surface area contributed by atoms with Crippen LogP contribution in [0.1, 0.15) is 43.0 Å². The first-order valence-corrected chi connectivity index (χ1v) is 8.58. The second-order valence-corrected chi connectivity index (χ2v) is 7.84. The first-order chi connectivity index (χ1) is 9.84. The Hall–Kier alpha value is -1.34. The zero-order valence-corrected chi connectivity index (χ0v) is 13.4. The van der Waals surface area contributed by atoms with E-state index in [1.54, 1.807) is 13.8 Å². The minimum Gasteiger partial charge on any atom is -0.213 e. The molecule has 122 valence electrons. The summed E-state index contributed by atoms with van der Waals surface area (Å²) in [6, 6.07) is 2.90. The van der Waals surface area contributed by atoms with Gasteiger partial charge in [0.1, 0.15) is 0 Å². The van der Waals surface area contributed by atoms with Gasteiger partial charge in [-0.15, -0.1) is 0 Å². The number of hydrogen-bond acceptors (Lipinski definition) is 2. The molecule has 1 aliphatic carbocycles. The van der Waals surface area contributed by atoms with Crippen molar-refractivity contribution in [1.29, 1.82) is 0 Å². The Bertz CT molecular complexity index is 725. The minimum atomic E-state index is -4.44. The minimum absolute atomic E-state index is 0.353. The Morgan fingerprint density at radius 2 is 2.00 bits per heavy atom. The molecular weight excluding hydrogens is 315 g/mol. The molecule has 0 spiro atoms. The third-order valence-corrected chi connectivity index (χ3v) is 4.97. The van der Waals surface area contributed by atoms with Gasteiger partial charge in [0.05, 0.1) is 11.8 Å². The van der Waals surface area contributed by atoms with E-state index in [0.717, 1.165) is 18.4 Å². The Morgan fingerprint density at radius 3 is 2.45 bits per heavy atom. The molecular formula is C15H18F3NO2S. The fourth-order valence-corrected chi connectivity index (χ4v) is 3.64. The van der Waals surface area contributed by atoms with Crippen LogP contribution in [0.2, 0.25) is 0 Å². The third-order valence-electron chi connectivity index (χ3n) is 4.26. The summed E-state index contributed by atoms with van der Waals surface area (Å²) >= 11 is 0. The van der Waals surface area contributed by atoms with E-state index < -0.39 is 33.2 Å². The summed E-state index contributed by atoms with van der Waals surface area (Å²) in [5, 5.41) is 0. The van der Waals surface area contributed by atoms with E-state index in [-0.39, 0.29) is 0 Å². The molecule has 1 N–H and O–H groups in total. The Morgan fingerprint density at radius 1 is 1.41 bits per heavy atom. The van der Waals surface area contributed by atoms with Crippen molar-refractivity contribution < 1.29 is 21.6 Å². The van der Waals surface area contributed by atoms with E-state index in [1.807, 2.05) is 0 Å². The molecule has 1 aromatic rings. The number of nitrogens with one attached hydrogen (secondary N) is 1. The summed E-state index contributed by atoms with van der Waals surface area (Å²) in [5.41, 5.74) is 0.323. The van der Waals surface area contributed by atoms with E-state index in [4.69, 9.17) is 0 Å². The van der Waals surface area contributed by atoms with Crippen molar-refractivity contribution in [1.82, 2.24) is 4.72 Å². The van der Waals surface area contributed by atoms with Crippen LogP contribution in [0.25, 0.3) is 0 Å². The molecule has 3 nitrogen and oxygen atoms in total. The van der Waals surface area contributed by atoms with Gasteiger partial charge in [-0.1, -0.05) is 25.1 Å². The Labute approximate surface area is 128 Å². The second-order valence-electron chi connectivity index (χ2n) is 6.06. The molecule has 0 amide bonds. The van der Waals surface area contributed by atoms with Gasteiger partial charge in [0.25, 0.3) is 0 Å². The molecule has 0 radical (unpaired) electrons. The molecule has 0 fully saturated rings. The van der Waals surface area contributed by atoms with Gasteiger partial charge in [0.15, 0.2) is 0 Å². The van der Waals surface area contributed by atoms with Crippen LogP contribution < -0.4 is 4.72 Å². The van der Waals surface area contributed by atoms with Crippen molar-refractivity contribution in [2.24, 2.45) is 0 Å². The van der Waals surface area contributed by atoms with Crippen LogP contribution in [0.5, 0.6) is 0 Å². The molecule has 0 saturated carbocycles. The lowest BCUT2D eigenvalue weighted by atomic mass is 9.78. The van der Waals surface area contributed by atoms with Crippen molar-refractivity contribution in [2.75, 3.05) is 6.26 Å². The quantitative estimate of drug-likeness (QED) is 0.860. The lowest BCUT2D eigenvalue weighted by Crippen LogP contribution is -2.28. The molecule has 0 heterocycles. The average Bonchev–Trinajstić information content (AvgIpc) is 2.60. The van der Waals surface area contributed by atoms with Gasteiger partial charge in [0, 0.05) is 11.5 Å². The van der Waals surface area contributed by atoms with Gasteiger partial charge < -0.3 is 0 Å². The normalized spacial score (nSPS) is 25.1. The molecule has 1 aliphatic rings. The number of rotatable bonds is 3. The molecule has 0 aliphatic heterocycles. The SMILES string of the molecule is C=C(C)[C@@]1(C)C[C@@H](NS(C)(=O)=O)c2ccc(C(F)(F)F)cc21. The van der Waals surface area contributed by atoms with Crippen molar-refractivity contribution in [3.8, 4) is 0 Å². The molecule has 2 rings (SSSR count). The fraction of sp³-hybridized carbons (Fsp3) is 0.467. The highest BCUT2D eigenvalue weighted by atomic mass is 32.2. The number of hydrogen-bond donors (Lipinski definition) is 1.